The number of nitrogens with one attached hydrogen (secondary N) is 1. The van der Waals surface area contributed by atoms with E-state index in [4.69, 9.17) is 4.99 Å². The van der Waals surface area contributed by atoms with E-state index < -0.39 is 5.41 Å². The van der Waals surface area contributed by atoms with Gasteiger partial charge < -0.3 is 5.32 Å². The molecule has 1 heterocycles. The first-order valence-electron chi connectivity index (χ1n) is 20.8. The van der Waals surface area contributed by atoms with Crippen LogP contribution in [0.15, 0.2) is 223 Å². The van der Waals surface area contributed by atoms with Gasteiger partial charge in [0.05, 0.1) is 11.1 Å². The van der Waals surface area contributed by atoms with Crippen LogP contribution in [0.3, 0.4) is 0 Å². The predicted octanol–water partition coefficient (Wildman–Crippen LogP) is 13.6. The van der Waals surface area contributed by atoms with Gasteiger partial charge in [-0.25, -0.2) is 0 Å². The summed E-state index contributed by atoms with van der Waals surface area (Å²) in [6.45, 7) is 0. The number of allylic oxidation sites excluding steroid dienone is 5. The number of hydrogen-bond donors (Lipinski definition) is 1. The lowest BCUT2D eigenvalue weighted by Crippen LogP contribution is -2.26. The number of rotatable bonds is 5. The largest absolute Gasteiger partial charge is 0.360 e. The lowest BCUT2D eigenvalue weighted by Gasteiger charge is -2.32. The molecule has 0 saturated carbocycles. The van der Waals surface area contributed by atoms with Crippen molar-refractivity contribution in [3.63, 3.8) is 0 Å². The highest BCUT2D eigenvalue weighted by Gasteiger charge is 2.53. The van der Waals surface area contributed by atoms with Crippen LogP contribution in [0.25, 0.3) is 49.9 Å². The summed E-state index contributed by atoms with van der Waals surface area (Å²) in [5.41, 5.74) is 19.9. The minimum Gasteiger partial charge on any atom is -0.360 e. The molecule has 3 aliphatic carbocycles. The van der Waals surface area contributed by atoms with E-state index >= 15 is 0 Å². The smallest absolute Gasteiger partial charge is 0.145 e. The maximum atomic E-state index is 5.37. The zero-order valence-corrected chi connectivity index (χ0v) is 32.5. The van der Waals surface area contributed by atoms with Gasteiger partial charge in [-0.2, -0.15) is 0 Å². The fourth-order valence-corrected chi connectivity index (χ4v) is 10.5. The summed E-state index contributed by atoms with van der Waals surface area (Å²) in [6.07, 6.45) is 9.84. The van der Waals surface area contributed by atoms with Crippen LogP contribution in [0, 0.1) is 0 Å². The Bertz CT molecular complexity index is 3050. The molecule has 0 bridgehead atoms. The van der Waals surface area contributed by atoms with Crippen molar-refractivity contribution in [1.82, 2.24) is 5.32 Å². The van der Waals surface area contributed by atoms with E-state index in [1.165, 1.54) is 77.5 Å². The highest BCUT2D eigenvalue weighted by molar-refractivity contribution is 6.13. The van der Waals surface area contributed by atoms with Gasteiger partial charge in [-0.3, -0.25) is 4.99 Å². The van der Waals surface area contributed by atoms with Crippen molar-refractivity contribution >= 4 is 22.2 Å². The summed E-state index contributed by atoms with van der Waals surface area (Å²) in [5, 5.41) is 6.32. The van der Waals surface area contributed by atoms with Crippen molar-refractivity contribution in [2.45, 2.75) is 23.9 Å². The van der Waals surface area contributed by atoms with Crippen molar-refractivity contribution in [3.05, 3.63) is 257 Å². The van der Waals surface area contributed by atoms with Crippen molar-refractivity contribution in [1.29, 1.82) is 0 Å². The van der Waals surface area contributed by atoms with Gasteiger partial charge in [0, 0.05) is 11.6 Å². The van der Waals surface area contributed by atoms with E-state index in [1.807, 2.05) is 0 Å². The number of aliphatic imine (C=N–C) groups is 1. The molecule has 0 radical (unpaired) electrons. The molecule has 1 N–H and O–H groups in total. The molecule has 0 amide bonds. The maximum Gasteiger partial charge on any atom is 0.145 e. The first kappa shape index (κ1) is 33.8. The Labute approximate surface area is 345 Å². The Kier molecular flexibility index (Phi) is 7.68. The summed E-state index contributed by atoms with van der Waals surface area (Å²) in [4.78, 5) is 5.37. The molecule has 2 unspecified atom stereocenters. The highest BCUT2D eigenvalue weighted by Crippen LogP contribution is 2.65. The Morgan fingerprint density at radius 3 is 1.92 bits per heavy atom. The minimum absolute atomic E-state index is 0.175. The molecule has 2 heteroatoms. The van der Waals surface area contributed by atoms with Crippen LogP contribution in [0.2, 0.25) is 0 Å². The van der Waals surface area contributed by atoms with Crippen LogP contribution in [-0.2, 0) is 5.41 Å². The van der Waals surface area contributed by atoms with Crippen LogP contribution >= 0.6 is 0 Å². The molecular formula is C57H40N2. The average Bonchev–Trinajstić information content (AvgIpc) is 3.80. The fourth-order valence-electron chi connectivity index (χ4n) is 10.5. The van der Waals surface area contributed by atoms with Gasteiger partial charge >= 0.3 is 0 Å². The molecule has 8 aromatic rings. The van der Waals surface area contributed by atoms with E-state index in [1.54, 1.807) is 0 Å². The van der Waals surface area contributed by atoms with E-state index in [2.05, 4.69) is 218 Å². The van der Waals surface area contributed by atoms with Crippen LogP contribution in [0.4, 0.5) is 0 Å². The zero-order chi connectivity index (χ0) is 38.9. The second kappa shape index (κ2) is 13.4. The molecule has 2 atom stereocenters. The molecule has 12 rings (SSSR count). The summed E-state index contributed by atoms with van der Waals surface area (Å²) in [5.74, 6) is 0.180. The van der Waals surface area contributed by atoms with Crippen molar-refractivity contribution in [3.8, 4) is 33.4 Å². The second-order valence-corrected chi connectivity index (χ2v) is 16.2. The quantitative estimate of drug-likeness (QED) is 0.186. The van der Waals surface area contributed by atoms with E-state index in [-0.39, 0.29) is 12.1 Å². The third kappa shape index (κ3) is 5.16. The molecule has 0 saturated heterocycles. The SMILES string of the molecule is C1=CC(c2ccc3c(c2)C2(c4ccccc4-c4ccccc42)c2c-3c(-c3ccccc3)cc3ccccc23)CC(C2=NC(c3ccccc3)NC(c3ccccc3)=C2)=C1. The third-order valence-electron chi connectivity index (χ3n) is 13.1. The molecule has 1 aliphatic heterocycles. The zero-order valence-electron chi connectivity index (χ0n) is 32.5. The van der Waals surface area contributed by atoms with Crippen LogP contribution in [0.1, 0.15) is 57.4 Å². The molecule has 8 aromatic carbocycles. The summed E-state index contributed by atoms with van der Waals surface area (Å²) in [6, 6.07) is 69.4. The molecule has 0 fully saturated rings. The fraction of sp³-hybridized carbons (Fsp3) is 0.0702. The van der Waals surface area contributed by atoms with E-state index in [0.29, 0.717) is 0 Å². The second-order valence-electron chi connectivity index (χ2n) is 16.2. The van der Waals surface area contributed by atoms with E-state index in [9.17, 15) is 0 Å². The first-order chi connectivity index (χ1) is 29.3. The van der Waals surface area contributed by atoms with Gasteiger partial charge in [0.15, 0.2) is 0 Å². The number of fused-ring (bicyclic) bond motifs is 12. The van der Waals surface area contributed by atoms with Gasteiger partial charge in [0.1, 0.15) is 6.17 Å². The Balaban J connectivity index is 1.04. The molecule has 0 aromatic heterocycles. The van der Waals surface area contributed by atoms with E-state index in [0.717, 1.165) is 29.0 Å². The van der Waals surface area contributed by atoms with Gasteiger partial charge in [-0.15, -0.1) is 0 Å². The molecule has 2 nitrogen and oxygen atoms in total. The van der Waals surface area contributed by atoms with Crippen molar-refractivity contribution in [2.24, 2.45) is 4.99 Å². The number of nitrogens with zero attached hydrogens (tertiary/aromatic N) is 1. The minimum atomic E-state index is -0.481. The number of hydrogen-bond acceptors (Lipinski definition) is 2. The molecule has 1 spiro atoms. The molecule has 4 aliphatic rings. The lowest BCUT2D eigenvalue weighted by atomic mass is 9.68. The van der Waals surface area contributed by atoms with Crippen LogP contribution in [-0.4, -0.2) is 5.71 Å². The highest BCUT2D eigenvalue weighted by atomic mass is 15.1. The number of benzene rings is 8. The maximum absolute atomic E-state index is 5.37. The van der Waals surface area contributed by atoms with Crippen LogP contribution in [0.5, 0.6) is 0 Å². The molecule has 59 heavy (non-hydrogen) atoms. The summed E-state index contributed by atoms with van der Waals surface area (Å²) in [7, 11) is 0. The Hall–Kier alpha value is -7.29. The van der Waals surface area contributed by atoms with Gasteiger partial charge in [-0.1, -0.05) is 200 Å². The molecule has 278 valence electrons. The molecular weight excluding hydrogens is 713 g/mol. The predicted molar refractivity (Wildman–Crippen MR) is 244 cm³/mol. The normalized spacial score (nSPS) is 17.9. The Morgan fingerprint density at radius 1 is 0.525 bits per heavy atom. The standard InChI is InChI=1S/C57H40N2/c1-4-17-37(18-5-1)48-34-42-23-10-11-26-44(42)55-54(48)47-32-31-41(35-51(47)57(55)49-29-14-12-27-45(49)46-28-13-15-30-50(46)57)40-24-16-25-43(33-40)53-36-52(38-19-6-2-7-20-38)58-56(59-53)39-21-8-3-9-22-39/h1-32,34-36,40,56,58H,33H2. The monoisotopic (exact) mass is 752 g/mol. The third-order valence-corrected chi connectivity index (χ3v) is 13.1. The van der Waals surface area contributed by atoms with Crippen molar-refractivity contribution < 1.29 is 0 Å². The lowest BCUT2D eigenvalue weighted by molar-refractivity contribution is 0.662. The summed E-state index contributed by atoms with van der Waals surface area (Å²) < 4.78 is 0. The average molecular weight is 753 g/mol. The van der Waals surface area contributed by atoms with Crippen molar-refractivity contribution in [2.75, 3.05) is 0 Å². The topological polar surface area (TPSA) is 24.4 Å². The summed E-state index contributed by atoms with van der Waals surface area (Å²) >= 11 is 0. The van der Waals surface area contributed by atoms with Gasteiger partial charge in [-0.05, 0) is 107 Å². The van der Waals surface area contributed by atoms with Gasteiger partial charge in [0.25, 0.3) is 0 Å². The Morgan fingerprint density at radius 2 is 1.17 bits per heavy atom. The first-order valence-corrected chi connectivity index (χ1v) is 20.8. The van der Waals surface area contributed by atoms with Gasteiger partial charge in [0.2, 0.25) is 0 Å². The van der Waals surface area contributed by atoms with Crippen LogP contribution < -0.4 is 5.32 Å².